The molecule has 0 unspecified atom stereocenters. The average Bonchev–Trinajstić information content (AvgIpc) is 3.02. The third-order valence-electron chi connectivity index (χ3n) is 3.02. The fourth-order valence-corrected chi connectivity index (χ4v) is 5.52. The van der Waals surface area contributed by atoms with Crippen molar-refractivity contribution in [3.05, 3.63) is 53.6 Å². The molecular formula is C15H11F3N2O2S3. The summed E-state index contributed by atoms with van der Waals surface area (Å²) in [5.74, 6) is 1.29. The third kappa shape index (κ3) is 5.75. The van der Waals surface area contributed by atoms with Gasteiger partial charge in [0.05, 0.1) is 0 Å². The van der Waals surface area contributed by atoms with Gasteiger partial charge in [0.2, 0.25) is 0 Å². The van der Waals surface area contributed by atoms with Crippen LogP contribution >= 0.6 is 31.4 Å². The fraction of sp³-hybridized carbons (Fsp3) is 0.200. The van der Waals surface area contributed by atoms with Crippen molar-refractivity contribution in [2.75, 3.05) is 0 Å². The quantitative estimate of drug-likeness (QED) is 0.361. The predicted molar refractivity (Wildman–Crippen MR) is 95.1 cm³/mol. The summed E-state index contributed by atoms with van der Waals surface area (Å²) in [5, 5.41) is 7.56. The Kier molecular flexibility index (Phi) is 6.02. The first-order valence-electron chi connectivity index (χ1n) is 6.96. The Morgan fingerprint density at radius 3 is 2.24 bits per heavy atom. The van der Waals surface area contributed by atoms with Crippen LogP contribution in [0.5, 0.6) is 5.75 Å². The summed E-state index contributed by atoms with van der Waals surface area (Å²) in [6, 6.07) is 11.7. The molecule has 3 rings (SSSR count). The molecule has 1 aromatic heterocycles. The normalized spacial score (nSPS) is 11.8. The largest absolute Gasteiger partial charge is 0.573 e. The molecule has 0 bridgehead atoms. The zero-order chi connectivity index (χ0) is 17.7. The minimum Gasteiger partial charge on any atom is -0.406 e. The maximum Gasteiger partial charge on any atom is 0.573 e. The molecule has 0 fully saturated rings. The second-order valence-electron chi connectivity index (χ2n) is 4.87. The van der Waals surface area contributed by atoms with Crippen LogP contribution in [-0.2, 0) is 11.5 Å². The molecule has 0 spiro atoms. The highest BCUT2D eigenvalue weighted by Gasteiger charge is 2.30. The van der Waals surface area contributed by atoms with Crippen molar-refractivity contribution < 1.29 is 22.5 Å². The Balaban J connectivity index is 1.39. The van der Waals surface area contributed by atoms with Crippen molar-refractivity contribution in [2.45, 2.75) is 17.9 Å². The van der Waals surface area contributed by atoms with Crippen molar-refractivity contribution in [1.82, 2.24) is 10.3 Å². The number of ether oxygens (including phenoxy) is 1. The first-order chi connectivity index (χ1) is 12.0. The number of hydrogen-bond acceptors (Lipinski definition) is 7. The number of aromatic nitrogens is 2. The van der Waals surface area contributed by atoms with Gasteiger partial charge in [-0.05, 0) is 55.5 Å². The van der Waals surface area contributed by atoms with E-state index < -0.39 is 6.36 Å². The molecule has 1 heterocycles. The minimum absolute atomic E-state index is 0.207. The second-order valence-corrected chi connectivity index (χ2v) is 9.10. The number of benzene rings is 2. The first-order valence-corrected chi connectivity index (χ1v) is 10.8. The van der Waals surface area contributed by atoms with Crippen molar-refractivity contribution in [3.8, 4) is 5.75 Å². The van der Waals surface area contributed by atoms with Gasteiger partial charge < -0.3 is 4.74 Å². The lowest BCUT2D eigenvalue weighted by Crippen LogP contribution is -2.16. The van der Waals surface area contributed by atoms with Crippen LogP contribution in [0.3, 0.4) is 0 Å². The van der Waals surface area contributed by atoms with E-state index in [0.717, 1.165) is 27.9 Å². The van der Waals surface area contributed by atoms with Gasteiger partial charge in [-0.25, -0.2) is 4.63 Å². The molecular weight excluding hydrogens is 393 g/mol. The van der Waals surface area contributed by atoms with Gasteiger partial charge in [0.25, 0.3) is 0 Å². The number of alkyl halides is 3. The second kappa shape index (κ2) is 8.24. The summed E-state index contributed by atoms with van der Waals surface area (Å²) in [6.45, 7) is 0. The highest BCUT2D eigenvalue weighted by atomic mass is 33.5. The third-order valence-corrected chi connectivity index (χ3v) is 7.13. The molecule has 3 aromatic rings. The zero-order valence-electron chi connectivity index (χ0n) is 12.5. The van der Waals surface area contributed by atoms with E-state index in [-0.39, 0.29) is 5.75 Å². The molecule has 0 aliphatic heterocycles. The summed E-state index contributed by atoms with van der Waals surface area (Å²) in [5.41, 5.74) is 3.52. The van der Waals surface area contributed by atoms with Gasteiger partial charge in [0.15, 0.2) is 0 Å². The van der Waals surface area contributed by atoms with Crippen LogP contribution in [-0.4, -0.2) is 16.7 Å². The minimum atomic E-state index is -4.66. The summed E-state index contributed by atoms with van der Waals surface area (Å²) in [4.78, 5) is 0. The van der Waals surface area contributed by atoms with E-state index in [9.17, 15) is 13.2 Å². The van der Waals surface area contributed by atoms with E-state index in [1.54, 1.807) is 43.5 Å². The molecule has 0 radical (unpaired) electrons. The molecule has 0 saturated heterocycles. The maximum atomic E-state index is 12.1. The predicted octanol–water partition coefficient (Wildman–Crippen LogP) is 5.85. The standard InChI is InChI=1S/C15H11F3N2O2S3/c16-15(17,18)21-12-4-1-10(2-5-12)8-23-25-24-9-11-3-6-13-14(7-11)20-22-19-13/h1-7H,8-9H2. The zero-order valence-corrected chi connectivity index (χ0v) is 15.0. The summed E-state index contributed by atoms with van der Waals surface area (Å²) < 4.78 is 44.8. The van der Waals surface area contributed by atoms with Gasteiger partial charge in [0.1, 0.15) is 16.8 Å². The number of hydrogen-bond donors (Lipinski definition) is 0. The topological polar surface area (TPSA) is 48.2 Å². The molecule has 4 nitrogen and oxygen atoms in total. The van der Waals surface area contributed by atoms with E-state index in [1.165, 1.54) is 12.1 Å². The van der Waals surface area contributed by atoms with Crippen LogP contribution in [0.15, 0.2) is 47.1 Å². The molecule has 132 valence electrons. The Morgan fingerprint density at radius 1 is 0.880 bits per heavy atom. The van der Waals surface area contributed by atoms with Crippen LogP contribution in [0, 0.1) is 0 Å². The van der Waals surface area contributed by atoms with Crippen molar-refractivity contribution >= 4 is 42.4 Å². The maximum absolute atomic E-state index is 12.1. The lowest BCUT2D eigenvalue weighted by atomic mass is 10.2. The lowest BCUT2D eigenvalue weighted by molar-refractivity contribution is -0.274. The summed E-state index contributed by atoms with van der Waals surface area (Å²) >= 11 is 0. The van der Waals surface area contributed by atoms with Crippen LogP contribution < -0.4 is 4.74 Å². The van der Waals surface area contributed by atoms with Gasteiger partial charge in [0, 0.05) is 11.5 Å². The lowest BCUT2D eigenvalue weighted by Gasteiger charge is -2.09. The van der Waals surface area contributed by atoms with Gasteiger partial charge in [-0.15, -0.1) is 13.2 Å². The van der Waals surface area contributed by atoms with E-state index in [1.807, 2.05) is 18.2 Å². The molecule has 0 aliphatic carbocycles. The van der Waals surface area contributed by atoms with Gasteiger partial charge in [-0.2, -0.15) is 0 Å². The number of fused-ring (bicyclic) bond motifs is 1. The van der Waals surface area contributed by atoms with E-state index in [0.29, 0.717) is 5.75 Å². The molecule has 0 saturated carbocycles. The molecule has 10 heteroatoms. The van der Waals surface area contributed by atoms with Crippen LogP contribution in [0.4, 0.5) is 13.2 Å². The number of rotatable bonds is 7. The number of halogens is 3. The van der Waals surface area contributed by atoms with Gasteiger partial charge in [-0.1, -0.05) is 39.8 Å². The molecule has 25 heavy (non-hydrogen) atoms. The SMILES string of the molecule is FC(F)(F)Oc1ccc(CSSSCc2ccc3nonc3c2)cc1. The van der Waals surface area contributed by atoms with Gasteiger partial charge in [-0.3, -0.25) is 0 Å². The fourth-order valence-electron chi connectivity index (χ4n) is 1.92. The molecule has 0 aliphatic rings. The molecule has 0 atom stereocenters. The van der Waals surface area contributed by atoms with Crippen molar-refractivity contribution in [2.24, 2.45) is 0 Å². The first kappa shape index (κ1) is 18.3. The smallest absolute Gasteiger partial charge is 0.406 e. The summed E-state index contributed by atoms with van der Waals surface area (Å²) in [7, 11) is 4.92. The van der Waals surface area contributed by atoms with E-state index in [2.05, 4.69) is 19.7 Å². The molecule has 0 N–H and O–H groups in total. The van der Waals surface area contributed by atoms with Gasteiger partial charge >= 0.3 is 6.36 Å². The highest BCUT2D eigenvalue weighted by molar-refractivity contribution is 9.09. The van der Waals surface area contributed by atoms with Crippen molar-refractivity contribution in [3.63, 3.8) is 0 Å². The Morgan fingerprint density at radius 2 is 1.52 bits per heavy atom. The van der Waals surface area contributed by atoms with Crippen molar-refractivity contribution in [1.29, 1.82) is 0 Å². The Labute approximate surface area is 152 Å². The molecule has 0 amide bonds. The van der Waals surface area contributed by atoms with Crippen LogP contribution in [0.1, 0.15) is 11.1 Å². The summed E-state index contributed by atoms with van der Waals surface area (Å²) in [6.07, 6.45) is -4.66. The monoisotopic (exact) mass is 404 g/mol. The highest BCUT2D eigenvalue weighted by Crippen LogP contribution is 2.39. The Hall–Kier alpha value is -1.52. The van der Waals surface area contributed by atoms with Crippen LogP contribution in [0.25, 0.3) is 11.0 Å². The van der Waals surface area contributed by atoms with E-state index >= 15 is 0 Å². The van der Waals surface area contributed by atoms with Crippen LogP contribution in [0.2, 0.25) is 0 Å². The Bertz CT molecular complexity index is 825. The average molecular weight is 404 g/mol. The molecule has 2 aromatic carbocycles. The van der Waals surface area contributed by atoms with E-state index in [4.69, 9.17) is 0 Å². The number of nitrogens with zero attached hydrogens (tertiary/aromatic N) is 2.